The Morgan fingerprint density at radius 1 is 1.43 bits per heavy atom. The molecule has 2 aromatic heterocycles. The van der Waals surface area contributed by atoms with Crippen molar-refractivity contribution >= 4 is 28.6 Å². The second kappa shape index (κ2) is 6.58. The molecule has 1 N–H and O–H groups in total. The molecular formula is C15H19N3O2S. The lowest BCUT2D eigenvalue weighted by molar-refractivity contribution is -0.117. The molecule has 0 fully saturated rings. The zero-order valence-corrected chi connectivity index (χ0v) is 13.4. The van der Waals surface area contributed by atoms with E-state index in [1.54, 1.807) is 24.6 Å². The predicted molar refractivity (Wildman–Crippen MR) is 86.5 cm³/mol. The van der Waals surface area contributed by atoms with Crippen molar-refractivity contribution in [3.63, 3.8) is 0 Å². The molecule has 0 aliphatic rings. The van der Waals surface area contributed by atoms with Gasteiger partial charge in [-0.25, -0.2) is 4.98 Å². The van der Waals surface area contributed by atoms with Crippen LogP contribution >= 0.6 is 11.3 Å². The standard InChI is InChI=1S/C15H19N3O2S/c1-10(11-6-8-21-9-11)14(19)17-13-12(18(2)3)5-7-16-15(13)20-4/h5-10H,1-4H3,(H,17,19). The van der Waals surface area contributed by atoms with Crippen molar-refractivity contribution in [2.75, 3.05) is 31.4 Å². The number of anilines is 2. The van der Waals surface area contributed by atoms with Crippen LogP contribution in [-0.2, 0) is 4.79 Å². The molecule has 1 unspecified atom stereocenters. The Labute approximate surface area is 128 Å². The largest absolute Gasteiger partial charge is 0.479 e. The van der Waals surface area contributed by atoms with Gasteiger partial charge in [0.25, 0.3) is 0 Å². The Hall–Kier alpha value is -2.08. The maximum Gasteiger partial charge on any atom is 0.239 e. The fourth-order valence-corrected chi connectivity index (χ4v) is 2.74. The second-order valence-electron chi connectivity index (χ2n) is 4.88. The lowest BCUT2D eigenvalue weighted by atomic mass is 10.0. The third-order valence-electron chi connectivity index (χ3n) is 3.25. The smallest absolute Gasteiger partial charge is 0.239 e. The SMILES string of the molecule is COc1nccc(N(C)C)c1NC(=O)C(C)c1ccsc1. The topological polar surface area (TPSA) is 54.5 Å². The summed E-state index contributed by atoms with van der Waals surface area (Å²) in [6, 6.07) is 3.80. The summed E-state index contributed by atoms with van der Waals surface area (Å²) in [5.41, 5.74) is 2.46. The number of amides is 1. The van der Waals surface area contributed by atoms with E-state index < -0.39 is 0 Å². The molecule has 6 heteroatoms. The molecular weight excluding hydrogens is 286 g/mol. The number of nitrogens with one attached hydrogen (secondary N) is 1. The van der Waals surface area contributed by atoms with E-state index in [1.807, 2.05) is 48.8 Å². The van der Waals surface area contributed by atoms with Gasteiger partial charge in [-0.2, -0.15) is 11.3 Å². The maximum absolute atomic E-state index is 12.4. The number of pyridine rings is 1. The van der Waals surface area contributed by atoms with Crippen LogP contribution in [0.25, 0.3) is 0 Å². The van der Waals surface area contributed by atoms with Crippen molar-refractivity contribution in [1.29, 1.82) is 0 Å². The minimum absolute atomic E-state index is 0.0807. The summed E-state index contributed by atoms with van der Waals surface area (Å²) in [6.07, 6.45) is 1.66. The highest BCUT2D eigenvalue weighted by Crippen LogP contribution is 2.33. The maximum atomic E-state index is 12.4. The summed E-state index contributed by atoms with van der Waals surface area (Å²) >= 11 is 1.58. The fourth-order valence-electron chi connectivity index (χ4n) is 1.98. The summed E-state index contributed by atoms with van der Waals surface area (Å²) < 4.78 is 5.26. The molecule has 0 saturated carbocycles. The van der Waals surface area contributed by atoms with Crippen molar-refractivity contribution in [2.24, 2.45) is 0 Å². The normalized spacial score (nSPS) is 11.8. The molecule has 5 nitrogen and oxygen atoms in total. The highest BCUT2D eigenvalue weighted by Gasteiger charge is 2.20. The van der Waals surface area contributed by atoms with Crippen molar-refractivity contribution in [3.05, 3.63) is 34.7 Å². The van der Waals surface area contributed by atoms with Crippen LogP contribution in [-0.4, -0.2) is 32.1 Å². The van der Waals surface area contributed by atoms with Crippen LogP contribution < -0.4 is 15.0 Å². The lowest BCUT2D eigenvalue weighted by Gasteiger charge is -2.20. The molecule has 112 valence electrons. The van der Waals surface area contributed by atoms with Crippen molar-refractivity contribution in [3.8, 4) is 5.88 Å². The molecule has 0 saturated heterocycles. The molecule has 2 aromatic rings. The molecule has 2 rings (SSSR count). The first-order valence-corrected chi connectivity index (χ1v) is 7.52. The van der Waals surface area contributed by atoms with Gasteiger partial charge in [-0.1, -0.05) is 0 Å². The van der Waals surface area contributed by atoms with Crippen molar-refractivity contribution < 1.29 is 9.53 Å². The van der Waals surface area contributed by atoms with E-state index in [9.17, 15) is 4.79 Å². The van der Waals surface area contributed by atoms with Gasteiger partial charge in [-0.3, -0.25) is 4.79 Å². The van der Waals surface area contributed by atoms with Crippen LogP contribution in [0, 0.1) is 0 Å². The molecule has 0 aliphatic heterocycles. The summed E-state index contributed by atoms with van der Waals surface area (Å²) in [7, 11) is 5.36. The average molecular weight is 305 g/mol. The number of carbonyl (C=O) groups excluding carboxylic acids is 1. The van der Waals surface area contributed by atoms with Gasteiger partial charge in [0.2, 0.25) is 11.8 Å². The highest BCUT2D eigenvalue weighted by atomic mass is 32.1. The summed E-state index contributed by atoms with van der Waals surface area (Å²) in [6.45, 7) is 1.88. The molecule has 0 radical (unpaired) electrons. The Morgan fingerprint density at radius 2 is 2.19 bits per heavy atom. The molecule has 0 aromatic carbocycles. The van der Waals surface area contributed by atoms with E-state index in [0.29, 0.717) is 11.6 Å². The van der Waals surface area contributed by atoms with Gasteiger partial charge in [0.05, 0.1) is 18.7 Å². The van der Waals surface area contributed by atoms with Crippen LogP contribution in [0.2, 0.25) is 0 Å². The van der Waals surface area contributed by atoms with Crippen LogP contribution in [0.5, 0.6) is 5.88 Å². The van der Waals surface area contributed by atoms with E-state index in [1.165, 1.54) is 0 Å². The summed E-state index contributed by atoms with van der Waals surface area (Å²) in [5, 5.41) is 6.89. The predicted octanol–water partition coefficient (Wildman–Crippen LogP) is 2.96. The number of ether oxygens (including phenoxy) is 1. The van der Waals surface area contributed by atoms with Crippen molar-refractivity contribution in [2.45, 2.75) is 12.8 Å². The van der Waals surface area contributed by atoms with E-state index in [-0.39, 0.29) is 11.8 Å². The first-order valence-electron chi connectivity index (χ1n) is 6.58. The van der Waals surface area contributed by atoms with Crippen LogP contribution in [0.1, 0.15) is 18.4 Å². The van der Waals surface area contributed by atoms with Crippen LogP contribution in [0.4, 0.5) is 11.4 Å². The number of hydrogen-bond donors (Lipinski definition) is 1. The molecule has 1 atom stereocenters. The lowest BCUT2D eigenvalue weighted by Crippen LogP contribution is -2.21. The van der Waals surface area contributed by atoms with Crippen molar-refractivity contribution in [1.82, 2.24) is 4.98 Å². The van der Waals surface area contributed by atoms with Gasteiger partial charge in [0.1, 0.15) is 5.69 Å². The summed E-state index contributed by atoms with van der Waals surface area (Å²) in [4.78, 5) is 18.5. The molecule has 0 bridgehead atoms. The molecule has 21 heavy (non-hydrogen) atoms. The minimum atomic E-state index is -0.226. The number of hydrogen-bond acceptors (Lipinski definition) is 5. The Kier molecular flexibility index (Phi) is 4.80. The van der Waals surface area contributed by atoms with Gasteiger partial charge in [-0.15, -0.1) is 0 Å². The van der Waals surface area contributed by atoms with E-state index in [4.69, 9.17) is 4.74 Å². The second-order valence-corrected chi connectivity index (χ2v) is 5.66. The average Bonchev–Trinajstić information content (AvgIpc) is 3.00. The van der Waals surface area contributed by atoms with Gasteiger partial charge >= 0.3 is 0 Å². The Balaban J connectivity index is 2.28. The summed E-state index contributed by atoms with van der Waals surface area (Å²) in [5.74, 6) is 0.103. The first kappa shape index (κ1) is 15.3. The Bertz CT molecular complexity index is 611. The highest BCUT2D eigenvalue weighted by molar-refractivity contribution is 7.08. The number of thiophene rings is 1. The van der Waals surface area contributed by atoms with E-state index in [0.717, 1.165) is 11.3 Å². The molecule has 2 heterocycles. The first-order chi connectivity index (χ1) is 10.0. The third-order valence-corrected chi connectivity index (χ3v) is 3.96. The van der Waals surface area contributed by atoms with Crippen LogP contribution in [0.15, 0.2) is 29.1 Å². The Morgan fingerprint density at radius 3 is 2.76 bits per heavy atom. The minimum Gasteiger partial charge on any atom is -0.479 e. The number of aromatic nitrogens is 1. The fraction of sp³-hybridized carbons (Fsp3) is 0.333. The van der Waals surface area contributed by atoms with Gasteiger partial charge in [0.15, 0.2) is 0 Å². The quantitative estimate of drug-likeness (QED) is 0.922. The number of rotatable bonds is 5. The van der Waals surface area contributed by atoms with E-state index in [2.05, 4.69) is 10.3 Å². The van der Waals surface area contributed by atoms with Crippen LogP contribution in [0.3, 0.4) is 0 Å². The van der Waals surface area contributed by atoms with Gasteiger partial charge in [0, 0.05) is 20.3 Å². The zero-order valence-electron chi connectivity index (χ0n) is 12.6. The number of methoxy groups -OCH3 is 1. The molecule has 1 amide bonds. The van der Waals surface area contributed by atoms with Gasteiger partial charge < -0.3 is 15.0 Å². The zero-order chi connectivity index (χ0) is 15.4. The monoisotopic (exact) mass is 305 g/mol. The number of nitrogens with zero attached hydrogens (tertiary/aromatic N) is 2. The van der Waals surface area contributed by atoms with E-state index >= 15 is 0 Å². The number of carbonyl (C=O) groups is 1. The molecule has 0 aliphatic carbocycles. The third kappa shape index (κ3) is 3.33. The van der Waals surface area contributed by atoms with Gasteiger partial charge in [-0.05, 0) is 35.4 Å². The molecule has 0 spiro atoms.